The molecule has 1 aliphatic carbocycles. The van der Waals surface area contributed by atoms with E-state index >= 15 is 13.2 Å². The summed E-state index contributed by atoms with van der Waals surface area (Å²) in [5, 5.41) is 29.4. The lowest BCUT2D eigenvalue weighted by atomic mass is 9.75. The molecule has 4 rings (SSSR count). The average molecular weight is 853 g/mol. The van der Waals surface area contributed by atoms with E-state index in [0.29, 0.717) is 19.9 Å². The van der Waals surface area contributed by atoms with E-state index in [1.165, 1.54) is 36.4 Å². The number of benzene rings is 2. The van der Waals surface area contributed by atoms with Crippen molar-refractivity contribution in [2.45, 2.75) is 116 Å². The normalized spacial score (nSPS) is 19.6. The van der Waals surface area contributed by atoms with Crippen LogP contribution in [0.2, 0.25) is 36.3 Å². The van der Waals surface area contributed by atoms with E-state index in [1.807, 2.05) is 6.08 Å². The van der Waals surface area contributed by atoms with Gasteiger partial charge >= 0.3 is 6.18 Å². The molecule has 1 unspecified atom stereocenters. The molecular formula is C48H59F3N4O3Si2. The van der Waals surface area contributed by atoms with E-state index in [4.69, 9.17) is 13.6 Å². The van der Waals surface area contributed by atoms with Gasteiger partial charge in [0.25, 0.3) is 5.60 Å². The highest BCUT2D eigenvalue weighted by Crippen LogP contribution is 2.56. The first-order chi connectivity index (χ1) is 27.7. The van der Waals surface area contributed by atoms with Crippen LogP contribution in [0.4, 0.5) is 18.9 Å². The lowest BCUT2D eigenvalue weighted by molar-refractivity contribution is -0.249. The highest BCUT2D eigenvalue weighted by molar-refractivity contribution is 6.74. The van der Waals surface area contributed by atoms with Crippen molar-refractivity contribution in [2.75, 3.05) is 18.4 Å². The van der Waals surface area contributed by atoms with E-state index in [1.54, 1.807) is 30.4 Å². The lowest BCUT2D eigenvalue weighted by Gasteiger charge is -2.41. The third kappa shape index (κ3) is 10.7. The predicted octanol–water partition coefficient (Wildman–Crippen LogP) is 13.3. The number of hydrogen-bond acceptors (Lipinski definition) is 7. The molecule has 1 atom stereocenters. The number of halogens is 3. The molecule has 7 nitrogen and oxygen atoms in total. The maximum atomic E-state index is 15.2. The van der Waals surface area contributed by atoms with E-state index < -0.39 is 50.9 Å². The summed E-state index contributed by atoms with van der Waals surface area (Å²) in [6.07, 6.45) is 6.97. The van der Waals surface area contributed by atoms with Gasteiger partial charge < -0.3 is 18.5 Å². The van der Waals surface area contributed by atoms with Gasteiger partial charge in [-0.2, -0.15) is 29.0 Å². The molecule has 0 radical (unpaired) electrons. The zero-order valence-electron chi connectivity index (χ0n) is 37.1. The van der Waals surface area contributed by atoms with Crippen LogP contribution in [0.1, 0.15) is 79.4 Å². The number of rotatable bonds is 12. The number of hydrogen-bond donors (Lipinski definition) is 0. The van der Waals surface area contributed by atoms with Crippen LogP contribution in [-0.4, -0.2) is 36.3 Å². The van der Waals surface area contributed by atoms with Crippen LogP contribution < -0.4 is 4.90 Å². The molecule has 0 fully saturated rings. The first kappa shape index (κ1) is 47.8. The molecule has 2 aliphatic rings. The van der Waals surface area contributed by atoms with Gasteiger partial charge in [0.2, 0.25) is 0 Å². The van der Waals surface area contributed by atoms with E-state index in [0.717, 1.165) is 28.8 Å². The van der Waals surface area contributed by atoms with Gasteiger partial charge in [0, 0.05) is 16.8 Å². The number of allylic oxidation sites excluding steroid dienone is 8. The Morgan fingerprint density at radius 1 is 0.800 bits per heavy atom. The molecule has 0 saturated carbocycles. The molecule has 0 spiro atoms. The Morgan fingerprint density at radius 2 is 1.35 bits per heavy atom. The van der Waals surface area contributed by atoms with Gasteiger partial charge in [-0.3, -0.25) is 0 Å². The molecule has 60 heavy (non-hydrogen) atoms. The SMILES string of the molecule is CC1(C)CC(/C=C/c2ccc(N(CO[Si](C)(C)C(C)(C)C)CO[Si](C)(C)C(C)(C)C)cc2)=CC(=C/C=C/C2=C(C#N)C(=C(C#N)C#N)OC2(c2ccccc2)C(F)(F)F)/C1. The second-order valence-corrected chi connectivity index (χ2v) is 29.0. The van der Waals surface area contributed by atoms with Crippen molar-refractivity contribution in [3.63, 3.8) is 0 Å². The van der Waals surface area contributed by atoms with Crippen LogP contribution in [0.25, 0.3) is 6.08 Å². The molecule has 0 N–H and O–H groups in total. The second-order valence-electron chi connectivity index (χ2n) is 19.3. The minimum Gasteiger partial charge on any atom is -0.465 e. The molecule has 1 heterocycles. The van der Waals surface area contributed by atoms with Gasteiger partial charge in [-0.05, 0) is 83.4 Å². The van der Waals surface area contributed by atoms with E-state index in [9.17, 15) is 15.8 Å². The zero-order chi connectivity index (χ0) is 45.0. The van der Waals surface area contributed by atoms with Gasteiger partial charge in [0.1, 0.15) is 37.2 Å². The predicted molar refractivity (Wildman–Crippen MR) is 239 cm³/mol. The number of nitrogens with zero attached hydrogens (tertiary/aromatic N) is 4. The topological polar surface area (TPSA) is 102 Å². The Kier molecular flexibility index (Phi) is 14.3. The Morgan fingerprint density at radius 3 is 1.83 bits per heavy atom. The first-order valence-electron chi connectivity index (χ1n) is 20.1. The van der Waals surface area contributed by atoms with Crippen molar-refractivity contribution >= 4 is 28.4 Å². The summed E-state index contributed by atoms with van der Waals surface area (Å²) < 4.78 is 64.5. The highest BCUT2D eigenvalue weighted by atomic mass is 28.4. The summed E-state index contributed by atoms with van der Waals surface area (Å²) in [5.41, 5.74) is -1.34. The highest BCUT2D eigenvalue weighted by Gasteiger charge is 2.65. The standard InChI is InChI=1S/C48H59F3N4O3Si2/c1-44(2,3)59(9,10)56-33-55(34-57-60(11,12)45(4,5)6)40-25-23-35(24-26-40)21-22-37-27-36(28-46(7,8)29-37)17-16-20-42-41(32-54)43(38(30-52)31-53)58-47(42,48(49,50)51)39-18-14-13-15-19-39/h13-27H,28-29,33-34H2,1-12H3/b20-16+,22-21+,36-17-. The van der Waals surface area contributed by atoms with Crippen molar-refractivity contribution < 1.29 is 26.8 Å². The number of alkyl halides is 3. The number of ether oxygens (including phenoxy) is 1. The summed E-state index contributed by atoms with van der Waals surface area (Å²) in [5.74, 6) is -0.693. The fourth-order valence-electron chi connectivity index (χ4n) is 6.52. The Bertz CT molecular complexity index is 2170. The summed E-state index contributed by atoms with van der Waals surface area (Å²) in [6, 6.07) is 20.2. The number of anilines is 1. The lowest BCUT2D eigenvalue weighted by Crippen LogP contribution is -2.47. The van der Waals surface area contributed by atoms with Crippen LogP contribution in [0, 0.1) is 39.4 Å². The molecule has 0 bridgehead atoms. The molecular weight excluding hydrogens is 794 g/mol. The monoisotopic (exact) mass is 852 g/mol. The molecule has 0 saturated heterocycles. The summed E-state index contributed by atoms with van der Waals surface area (Å²) in [4.78, 5) is 2.17. The molecule has 2 aromatic carbocycles. The van der Waals surface area contributed by atoms with Gasteiger partial charge in [-0.15, -0.1) is 0 Å². The van der Waals surface area contributed by atoms with Crippen LogP contribution in [0.5, 0.6) is 0 Å². The van der Waals surface area contributed by atoms with Gasteiger partial charge in [-0.1, -0.05) is 134 Å². The molecule has 2 aromatic rings. The molecule has 0 aromatic heterocycles. The minimum absolute atomic E-state index is 0.0649. The van der Waals surface area contributed by atoms with Crippen LogP contribution in [-0.2, 0) is 19.2 Å². The van der Waals surface area contributed by atoms with Crippen LogP contribution >= 0.6 is 0 Å². The van der Waals surface area contributed by atoms with Gasteiger partial charge in [-0.25, -0.2) is 0 Å². The number of nitriles is 3. The van der Waals surface area contributed by atoms with E-state index in [-0.39, 0.29) is 21.1 Å². The zero-order valence-corrected chi connectivity index (χ0v) is 39.1. The quantitative estimate of drug-likeness (QED) is 0.119. The average Bonchev–Trinajstić information content (AvgIpc) is 3.49. The maximum absolute atomic E-state index is 15.2. The molecule has 12 heteroatoms. The van der Waals surface area contributed by atoms with Crippen LogP contribution in [0.15, 0.2) is 119 Å². The first-order valence-corrected chi connectivity index (χ1v) is 25.9. The van der Waals surface area contributed by atoms with Crippen molar-refractivity contribution in [1.82, 2.24) is 0 Å². The van der Waals surface area contributed by atoms with Crippen molar-refractivity contribution in [1.29, 1.82) is 15.8 Å². The Balaban J connectivity index is 1.66. The smallest absolute Gasteiger partial charge is 0.437 e. The summed E-state index contributed by atoms with van der Waals surface area (Å²) in [6.45, 7) is 27.5. The van der Waals surface area contributed by atoms with Crippen molar-refractivity contribution in [3.8, 4) is 18.2 Å². The Hall–Kier alpha value is -4.91. The van der Waals surface area contributed by atoms with Gasteiger partial charge in [0.05, 0.1) is 0 Å². The Labute approximate surface area is 357 Å². The van der Waals surface area contributed by atoms with Crippen LogP contribution in [0.3, 0.4) is 0 Å². The summed E-state index contributed by atoms with van der Waals surface area (Å²) in [7, 11) is -4.06. The molecule has 1 aliphatic heterocycles. The second kappa shape index (κ2) is 18.0. The largest absolute Gasteiger partial charge is 0.465 e. The van der Waals surface area contributed by atoms with Crippen molar-refractivity contribution in [3.05, 3.63) is 130 Å². The third-order valence-electron chi connectivity index (χ3n) is 12.1. The third-order valence-corrected chi connectivity index (χ3v) is 21.0. The fourth-order valence-corrected chi connectivity index (χ4v) is 8.34. The molecule has 318 valence electrons. The fraction of sp³-hybridized carbons (Fsp3) is 0.438. The molecule has 0 amide bonds. The van der Waals surface area contributed by atoms with Gasteiger partial charge in [0.15, 0.2) is 28.0 Å². The maximum Gasteiger partial charge on any atom is 0.437 e. The minimum atomic E-state index is -5.06. The summed E-state index contributed by atoms with van der Waals surface area (Å²) >= 11 is 0. The van der Waals surface area contributed by atoms with Crippen molar-refractivity contribution in [2.24, 2.45) is 5.41 Å². The van der Waals surface area contributed by atoms with E-state index in [2.05, 4.69) is 123 Å².